The highest BCUT2D eigenvalue weighted by Crippen LogP contribution is 2.38. The van der Waals surface area contributed by atoms with Crippen LogP contribution in [0.15, 0.2) is 60.2 Å². The number of hydrogen-bond donors (Lipinski definition) is 1. The Labute approximate surface area is 224 Å². The van der Waals surface area contributed by atoms with Crippen LogP contribution in [-0.4, -0.2) is 24.0 Å². The number of anilines is 1. The number of thiocarbonyl (C=S) groups is 1. The molecule has 0 aliphatic carbocycles. The zero-order valence-corrected chi connectivity index (χ0v) is 22.1. The molecule has 1 heterocycles. The standard InChI is InChI=1S/C27H22Cl2N2O4S/c1-15-8-16(2)10-20(9-15)31-26(33)21(25(32)30-27(31)36)11-18-12-22(29)24(23(13-18)34-3)35-14-17-4-6-19(28)7-5-17/h4-13H,14H2,1-3H3,(H,30,32,36)/b21-11+. The minimum atomic E-state index is -0.594. The van der Waals surface area contributed by atoms with Crippen LogP contribution in [0.5, 0.6) is 11.5 Å². The number of nitrogens with one attached hydrogen (secondary N) is 1. The number of benzene rings is 3. The number of rotatable bonds is 6. The lowest BCUT2D eigenvalue weighted by Gasteiger charge is -2.29. The number of carbonyl (C=O) groups excluding carboxylic acids is 2. The first-order chi connectivity index (χ1) is 17.2. The first kappa shape index (κ1) is 25.7. The van der Waals surface area contributed by atoms with Gasteiger partial charge in [0.2, 0.25) is 0 Å². The average molecular weight is 541 g/mol. The molecule has 1 fully saturated rings. The molecule has 2 amide bonds. The molecule has 0 unspecified atom stereocenters. The summed E-state index contributed by atoms with van der Waals surface area (Å²) in [7, 11) is 1.48. The normalized spacial score (nSPS) is 14.8. The van der Waals surface area contributed by atoms with Crippen LogP contribution in [0.2, 0.25) is 10.0 Å². The Bertz CT molecular complexity index is 1380. The number of ether oxygens (including phenoxy) is 2. The van der Waals surface area contributed by atoms with E-state index in [-0.39, 0.29) is 22.3 Å². The third kappa shape index (κ3) is 5.54. The molecule has 0 bridgehead atoms. The van der Waals surface area contributed by atoms with E-state index in [1.807, 2.05) is 44.2 Å². The predicted octanol–water partition coefficient (Wildman–Crippen LogP) is 6.03. The molecule has 1 aliphatic heterocycles. The van der Waals surface area contributed by atoms with Crippen molar-refractivity contribution < 1.29 is 19.1 Å². The van der Waals surface area contributed by atoms with Crippen LogP contribution in [0.3, 0.4) is 0 Å². The van der Waals surface area contributed by atoms with E-state index in [2.05, 4.69) is 5.32 Å². The van der Waals surface area contributed by atoms with Crippen LogP contribution < -0.4 is 19.7 Å². The Hall–Kier alpha value is -3.39. The Morgan fingerprint density at radius 2 is 1.67 bits per heavy atom. The molecule has 0 radical (unpaired) electrons. The molecule has 36 heavy (non-hydrogen) atoms. The topological polar surface area (TPSA) is 67.9 Å². The molecule has 0 aromatic heterocycles. The third-order valence-corrected chi connectivity index (χ3v) is 6.24. The number of nitrogens with zero attached hydrogens (tertiary/aromatic N) is 1. The lowest BCUT2D eigenvalue weighted by molar-refractivity contribution is -0.122. The largest absolute Gasteiger partial charge is 0.493 e. The number of carbonyl (C=O) groups is 2. The van der Waals surface area contributed by atoms with Crippen molar-refractivity contribution in [1.82, 2.24) is 5.32 Å². The van der Waals surface area contributed by atoms with Crippen molar-refractivity contribution >= 4 is 64.1 Å². The van der Waals surface area contributed by atoms with Crippen molar-refractivity contribution in [2.75, 3.05) is 12.0 Å². The predicted molar refractivity (Wildman–Crippen MR) is 146 cm³/mol. The second-order valence-corrected chi connectivity index (χ2v) is 9.48. The van der Waals surface area contributed by atoms with Crippen molar-refractivity contribution in [1.29, 1.82) is 0 Å². The molecule has 1 saturated heterocycles. The van der Waals surface area contributed by atoms with Crippen molar-refractivity contribution in [2.45, 2.75) is 20.5 Å². The molecule has 6 nitrogen and oxygen atoms in total. The summed E-state index contributed by atoms with van der Waals surface area (Å²) in [5, 5.41) is 3.51. The smallest absolute Gasteiger partial charge is 0.270 e. The lowest BCUT2D eigenvalue weighted by Crippen LogP contribution is -2.54. The molecular formula is C27H22Cl2N2O4S. The Morgan fingerprint density at radius 1 is 1.00 bits per heavy atom. The molecule has 0 spiro atoms. The molecule has 9 heteroatoms. The fourth-order valence-corrected chi connectivity index (χ4v) is 4.52. The molecule has 4 rings (SSSR count). The van der Waals surface area contributed by atoms with Crippen molar-refractivity contribution in [3.05, 3.63) is 92.5 Å². The number of methoxy groups -OCH3 is 1. The highest BCUT2D eigenvalue weighted by molar-refractivity contribution is 7.80. The van der Waals surface area contributed by atoms with Gasteiger partial charge in [0, 0.05) is 5.02 Å². The number of amides is 2. The maximum absolute atomic E-state index is 13.4. The van der Waals surface area contributed by atoms with Crippen molar-refractivity contribution in [3.8, 4) is 11.5 Å². The quantitative estimate of drug-likeness (QED) is 0.235. The van der Waals surface area contributed by atoms with Gasteiger partial charge in [-0.25, -0.2) is 0 Å². The van der Waals surface area contributed by atoms with Gasteiger partial charge in [0.15, 0.2) is 16.6 Å². The molecule has 184 valence electrons. The van der Waals surface area contributed by atoms with Crippen LogP contribution in [0.25, 0.3) is 6.08 Å². The fraction of sp³-hybridized carbons (Fsp3) is 0.148. The summed E-state index contributed by atoms with van der Waals surface area (Å²) in [4.78, 5) is 27.4. The first-order valence-electron chi connectivity index (χ1n) is 10.9. The summed E-state index contributed by atoms with van der Waals surface area (Å²) in [6.45, 7) is 4.10. The van der Waals surface area contributed by atoms with E-state index in [9.17, 15) is 9.59 Å². The summed E-state index contributed by atoms with van der Waals surface area (Å²) in [6, 6.07) is 16.1. The summed E-state index contributed by atoms with van der Waals surface area (Å²) in [5.74, 6) is -0.432. The van der Waals surface area contributed by atoms with Gasteiger partial charge in [0.05, 0.1) is 17.8 Å². The second-order valence-electron chi connectivity index (χ2n) is 8.25. The van der Waals surface area contributed by atoms with Crippen LogP contribution >= 0.6 is 35.4 Å². The van der Waals surface area contributed by atoms with Gasteiger partial charge in [0.25, 0.3) is 11.8 Å². The Morgan fingerprint density at radius 3 is 2.31 bits per heavy atom. The van der Waals surface area contributed by atoms with E-state index in [4.69, 9.17) is 44.9 Å². The summed E-state index contributed by atoms with van der Waals surface area (Å²) in [5.41, 5.74) is 3.81. The minimum Gasteiger partial charge on any atom is -0.493 e. The monoisotopic (exact) mass is 540 g/mol. The summed E-state index contributed by atoms with van der Waals surface area (Å²) >= 11 is 17.7. The molecule has 1 aliphatic rings. The minimum absolute atomic E-state index is 0.0220. The van der Waals surface area contributed by atoms with E-state index in [0.717, 1.165) is 16.7 Å². The first-order valence-corrected chi connectivity index (χ1v) is 12.1. The third-order valence-electron chi connectivity index (χ3n) is 5.43. The number of hydrogen-bond acceptors (Lipinski definition) is 5. The van der Waals surface area contributed by atoms with Crippen LogP contribution in [0.4, 0.5) is 5.69 Å². The lowest BCUT2D eigenvalue weighted by atomic mass is 10.1. The van der Waals surface area contributed by atoms with E-state index in [1.54, 1.807) is 24.3 Å². The SMILES string of the molecule is COc1cc(/C=C2\C(=O)NC(=S)N(c3cc(C)cc(C)c3)C2=O)cc(Cl)c1OCc1ccc(Cl)cc1. The zero-order valence-electron chi connectivity index (χ0n) is 19.7. The van der Waals surface area contributed by atoms with Gasteiger partial charge in [-0.3, -0.25) is 19.8 Å². The molecule has 3 aromatic rings. The average Bonchev–Trinajstić information content (AvgIpc) is 2.81. The maximum Gasteiger partial charge on any atom is 0.270 e. The zero-order chi connectivity index (χ0) is 26.0. The fourth-order valence-electron chi connectivity index (χ4n) is 3.84. The summed E-state index contributed by atoms with van der Waals surface area (Å²) < 4.78 is 11.4. The van der Waals surface area contributed by atoms with E-state index in [0.29, 0.717) is 27.8 Å². The Kier molecular flexibility index (Phi) is 7.64. The van der Waals surface area contributed by atoms with E-state index < -0.39 is 11.8 Å². The number of aryl methyl sites for hydroxylation is 2. The van der Waals surface area contributed by atoms with Gasteiger partial charge in [-0.15, -0.1) is 0 Å². The van der Waals surface area contributed by atoms with Gasteiger partial charge >= 0.3 is 0 Å². The highest BCUT2D eigenvalue weighted by atomic mass is 35.5. The molecular weight excluding hydrogens is 519 g/mol. The van der Waals surface area contributed by atoms with Crippen molar-refractivity contribution in [3.63, 3.8) is 0 Å². The van der Waals surface area contributed by atoms with Crippen LogP contribution in [0.1, 0.15) is 22.3 Å². The van der Waals surface area contributed by atoms with Crippen LogP contribution in [-0.2, 0) is 16.2 Å². The highest BCUT2D eigenvalue weighted by Gasteiger charge is 2.34. The van der Waals surface area contributed by atoms with E-state index in [1.165, 1.54) is 18.1 Å². The molecule has 1 N–H and O–H groups in total. The van der Waals surface area contributed by atoms with E-state index >= 15 is 0 Å². The van der Waals surface area contributed by atoms with Gasteiger partial charge < -0.3 is 9.47 Å². The molecule has 0 atom stereocenters. The Balaban J connectivity index is 1.65. The molecule has 3 aromatic carbocycles. The van der Waals surface area contributed by atoms with Gasteiger partial charge in [-0.1, -0.05) is 41.4 Å². The van der Waals surface area contributed by atoms with Gasteiger partial charge in [0.1, 0.15) is 12.2 Å². The van der Waals surface area contributed by atoms with Gasteiger partial charge in [-0.2, -0.15) is 0 Å². The van der Waals surface area contributed by atoms with Gasteiger partial charge in [-0.05, 0) is 90.8 Å². The maximum atomic E-state index is 13.4. The van der Waals surface area contributed by atoms with Crippen molar-refractivity contribution in [2.24, 2.45) is 0 Å². The second kappa shape index (κ2) is 10.7. The number of halogens is 2. The van der Waals surface area contributed by atoms with Crippen LogP contribution in [0, 0.1) is 13.8 Å². The summed E-state index contributed by atoms with van der Waals surface area (Å²) in [6.07, 6.45) is 1.45. The molecule has 0 saturated carbocycles.